The van der Waals surface area contributed by atoms with Crippen molar-refractivity contribution in [3.63, 3.8) is 0 Å². The number of Topliss-reactive ketones (excluding diaryl/α,β-unsaturated/α-hetero) is 1. The number of hydrogen-bond acceptors (Lipinski definition) is 4. The molecule has 76 valence electrons. The average Bonchev–Trinajstić information content (AvgIpc) is 2.64. The maximum Gasteiger partial charge on any atom is 0.178 e. The molecule has 2 rings (SSSR count). The van der Waals surface area contributed by atoms with E-state index in [4.69, 9.17) is 11.6 Å². The maximum atomic E-state index is 11.1. The van der Waals surface area contributed by atoms with Gasteiger partial charge >= 0.3 is 0 Å². The summed E-state index contributed by atoms with van der Waals surface area (Å²) >= 11 is 7.41. The van der Waals surface area contributed by atoms with Crippen molar-refractivity contribution in [2.24, 2.45) is 0 Å². The quantitative estimate of drug-likeness (QED) is 0.756. The van der Waals surface area contributed by atoms with Crippen molar-refractivity contribution in [1.82, 2.24) is 9.97 Å². The molecule has 0 spiro atoms. The predicted octanol–water partition coefficient (Wildman–Crippen LogP) is 3.06. The van der Waals surface area contributed by atoms with E-state index in [9.17, 15) is 4.79 Å². The number of carbonyl (C=O) groups is 1. The highest BCUT2D eigenvalue weighted by molar-refractivity contribution is 7.14. The van der Waals surface area contributed by atoms with Crippen LogP contribution < -0.4 is 0 Å². The zero-order valence-electron chi connectivity index (χ0n) is 7.90. The minimum Gasteiger partial charge on any atom is -0.293 e. The van der Waals surface area contributed by atoms with Crippen molar-refractivity contribution in [2.45, 2.75) is 6.92 Å². The molecule has 3 nitrogen and oxygen atoms in total. The van der Waals surface area contributed by atoms with Gasteiger partial charge in [0.05, 0.1) is 9.90 Å². The van der Waals surface area contributed by atoms with E-state index in [1.165, 1.54) is 18.3 Å². The Bertz CT molecular complexity index is 510. The van der Waals surface area contributed by atoms with Gasteiger partial charge in [-0.3, -0.25) is 4.79 Å². The molecule has 0 amide bonds. The molecule has 0 atom stereocenters. The third-order valence-corrected chi connectivity index (χ3v) is 3.17. The molecule has 0 saturated carbocycles. The zero-order chi connectivity index (χ0) is 10.8. The van der Waals surface area contributed by atoms with Crippen molar-refractivity contribution >= 4 is 28.7 Å². The highest BCUT2D eigenvalue weighted by Gasteiger charge is 2.09. The number of hydrogen-bond donors (Lipinski definition) is 0. The third kappa shape index (κ3) is 2.06. The second-order valence-corrected chi connectivity index (χ2v) is 4.24. The Balaban J connectivity index is 2.50. The van der Waals surface area contributed by atoms with Crippen molar-refractivity contribution in [3.8, 4) is 10.7 Å². The first-order valence-electron chi connectivity index (χ1n) is 4.26. The average molecular weight is 239 g/mol. The zero-order valence-corrected chi connectivity index (χ0v) is 9.47. The summed E-state index contributed by atoms with van der Waals surface area (Å²) in [7, 11) is 0. The molecular formula is C10H7ClN2OS. The summed E-state index contributed by atoms with van der Waals surface area (Å²) in [6.07, 6.45) is 1.56. The minimum absolute atomic E-state index is 0.0775. The topological polar surface area (TPSA) is 42.9 Å². The Morgan fingerprint density at radius 1 is 1.47 bits per heavy atom. The minimum atomic E-state index is -0.0775. The molecule has 0 unspecified atom stereocenters. The van der Waals surface area contributed by atoms with Crippen molar-refractivity contribution in [1.29, 1.82) is 0 Å². The lowest BCUT2D eigenvalue weighted by Crippen LogP contribution is -1.98. The van der Waals surface area contributed by atoms with Crippen LogP contribution >= 0.6 is 22.9 Å². The van der Waals surface area contributed by atoms with E-state index in [1.54, 1.807) is 18.3 Å². The Morgan fingerprint density at radius 3 is 2.87 bits per heavy atom. The summed E-state index contributed by atoms with van der Waals surface area (Å²) in [6, 6.07) is 3.37. The molecule has 0 saturated heterocycles. The number of aromatic nitrogens is 2. The Morgan fingerprint density at radius 2 is 2.27 bits per heavy atom. The van der Waals surface area contributed by atoms with Gasteiger partial charge in [0.1, 0.15) is 5.69 Å². The van der Waals surface area contributed by atoms with Gasteiger partial charge < -0.3 is 0 Å². The van der Waals surface area contributed by atoms with E-state index in [0.717, 1.165) is 4.88 Å². The van der Waals surface area contributed by atoms with E-state index in [-0.39, 0.29) is 5.78 Å². The summed E-state index contributed by atoms with van der Waals surface area (Å²) in [5.41, 5.74) is 0.407. The van der Waals surface area contributed by atoms with Crippen LogP contribution in [0.3, 0.4) is 0 Å². The molecule has 0 aliphatic rings. The second kappa shape index (κ2) is 4.08. The van der Waals surface area contributed by atoms with Crippen molar-refractivity contribution in [2.75, 3.05) is 0 Å². The summed E-state index contributed by atoms with van der Waals surface area (Å²) in [5.74, 6) is 0.425. The largest absolute Gasteiger partial charge is 0.293 e. The van der Waals surface area contributed by atoms with Crippen LogP contribution in [-0.2, 0) is 0 Å². The fraction of sp³-hybridized carbons (Fsp3) is 0.100. The Hall–Kier alpha value is -1.26. The van der Waals surface area contributed by atoms with Crippen LogP contribution in [0.2, 0.25) is 5.02 Å². The van der Waals surface area contributed by atoms with E-state index in [1.807, 2.05) is 5.38 Å². The van der Waals surface area contributed by atoms with Gasteiger partial charge in [0.25, 0.3) is 0 Å². The lowest BCUT2D eigenvalue weighted by Gasteiger charge is -1.98. The van der Waals surface area contributed by atoms with Crippen LogP contribution in [-0.4, -0.2) is 15.8 Å². The third-order valence-electron chi connectivity index (χ3n) is 1.84. The van der Waals surface area contributed by atoms with E-state index in [0.29, 0.717) is 16.5 Å². The highest BCUT2D eigenvalue weighted by Crippen LogP contribution is 2.30. The molecule has 0 aliphatic carbocycles. The Kier molecular flexibility index (Phi) is 2.79. The van der Waals surface area contributed by atoms with Crippen LogP contribution in [0.4, 0.5) is 0 Å². The summed E-state index contributed by atoms with van der Waals surface area (Å²) in [6.45, 7) is 1.47. The van der Waals surface area contributed by atoms with E-state index in [2.05, 4.69) is 9.97 Å². The second-order valence-electron chi connectivity index (χ2n) is 2.92. The molecule has 2 aromatic rings. The SMILES string of the molecule is CC(=O)c1ccnc(-c2sccc2Cl)n1. The van der Waals surface area contributed by atoms with E-state index >= 15 is 0 Å². The number of ketones is 1. The standard InChI is InChI=1S/C10H7ClN2OS/c1-6(14)8-2-4-12-10(13-8)9-7(11)3-5-15-9/h2-5H,1H3. The number of halogens is 1. The maximum absolute atomic E-state index is 11.1. The predicted molar refractivity (Wildman–Crippen MR) is 60.4 cm³/mol. The summed E-state index contributed by atoms with van der Waals surface area (Å²) in [4.78, 5) is 20.2. The molecule has 0 N–H and O–H groups in total. The molecular weight excluding hydrogens is 232 g/mol. The number of nitrogens with zero attached hydrogens (tertiary/aromatic N) is 2. The first-order chi connectivity index (χ1) is 7.18. The van der Waals surface area contributed by atoms with Crippen molar-refractivity contribution < 1.29 is 4.79 Å². The van der Waals surface area contributed by atoms with Crippen LogP contribution in [0.25, 0.3) is 10.7 Å². The molecule has 0 radical (unpaired) electrons. The van der Waals surface area contributed by atoms with Crippen LogP contribution in [0.5, 0.6) is 0 Å². The smallest absolute Gasteiger partial charge is 0.178 e. The molecule has 0 bridgehead atoms. The lowest BCUT2D eigenvalue weighted by atomic mass is 10.3. The monoisotopic (exact) mass is 238 g/mol. The van der Waals surface area contributed by atoms with Crippen LogP contribution in [0.1, 0.15) is 17.4 Å². The molecule has 0 aromatic carbocycles. The molecule has 2 aromatic heterocycles. The van der Waals surface area contributed by atoms with Gasteiger partial charge in [0.2, 0.25) is 0 Å². The normalized spacial score (nSPS) is 10.3. The fourth-order valence-corrected chi connectivity index (χ4v) is 2.20. The van der Waals surface area contributed by atoms with Gasteiger partial charge in [-0.05, 0) is 17.5 Å². The van der Waals surface area contributed by atoms with Crippen molar-refractivity contribution in [3.05, 3.63) is 34.4 Å². The van der Waals surface area contributed by atoms with Gasteiger partial charge in [-0.2, -0.15) is 0 Å². The summed E-state index contributed by atoms with van der Waals surface area (Å²) in [5, 5.41) is 2.47. The molecule has 5 heteroatoms. The molecule has 0 aliphatic heterocycles. The number of carbonyl (C=O) groups excluding carboxylic acids is 1. The van der Waals surface area contributed by atoms with Crippen LogP contribution in [0, 0.1) is 0 Å². The number of rotatable bonds is 2. The molecule has 2 heterocycles. The van der Waals surface area contributed by atoms with Crippen LogP contribution in [0.15, 0.2) is 23.7 Å². The first kappa shape index (κ1) is 10.3. The first-order valence-corrected chi connectivity index (χ1v) is 5.51. The molecule has 0 fully saturated rings. The Labute approximate surface area is 95.8 Å². The highest BCUT2D eigenvalue weighted by atomic mass is 35.5. The van der Waals surface area contributed by atoms with Gasteiger partial charge in [-0.15, -0.1) is 11.3 Å². The lowest BCUT2D eigenvalue weighted by molar-refractivity contribution is 0.101. The van der Waals surface area contributed by atoms with Gasteiger partial charge in [0.15, 0.2) is 11.6 Å². The van der Waals surface area contributed by atoms with Gasteiger partial charge in [0, 0.05) is 13.1 Å². The van der Waals surface area contributed by atoms with Gasteiger partial charge in [-0.1, -0.05) is 11.6 Å². The molecule has 15 heavy (non-hydrogen) atoms. The summed E-state index contributed by atoms with van der Waals surface area (Å²) < 4.78 is 0. The van der Waals surface area contributed by atoms with Gasteiger partial charge in [-0.25, -0.2) is 9.97 Å². The van der Waals surface area contributed by atoms with E-state index < -0.39 is 0 Å². The number of thiophene rings is 1. The fourth-order valence-electron chi connectivity index (χ4n) is 1.12.